The fourth-order valence-corrected chi connectivity index (χ4v) is 1.94. The average molecular weight is 195 g/mol. The summed E-state index contributed by atoms with van der Waals surface area (Å²) in [6.07, 6.45) is 2.09. The van der Waals surface area contributed by atoms with Gasteiger partial charge in [-0.2, -0.15) is 0 Å². The molecule has 0 unspecified atom stereocenters. The van der Waals surface area contributed by atoms with Crippen LogP contribution in [0, 0.1) is 12.8 Å². The van der Waals surface area contributed by atoms with Gasteiger partial charge in [0, 0.05) is 13.2 Å². The molecule has 0 aromatic carbocycles. The van der Waals surface area contributed by atoms with E-state index in [9.17, 15) is 0 Å². The Bertz CT molecular complexity index is 289. The first-order valence-corrected chi connectivity index (χ1v) is 5.17. The molecule has 0 spiro atoms. The topological polar surface area (TPSA) is 48.4 Å². The molecule has 0 amide bonds. The van der Waals surface area contributed by atoms with Crippen molar-refractivity contribution in [3.8, 4) is 0 Å². The van der Waals surface area contributed by atoms with Crippen molar-refractivity contribution >= 4 is 0 Å². The van der Waals surface area contributed by atoms with E-state index in [2.05, 4.69) is 0 Å². The molecule has 78 valence electrons. The van der Waals surface area contributed by atoms with Gasteiger partial charge in [-0.3, -0.25) is 0 Å². The van der Waals surface area contributed by atoms with Crippen LogP contribution >= 0.6 is 0 Å². The zero-order valence-corrected chi connectivity index (χ0v) is 8.53. The number of hydrogen-bond donors (Lipinski definition) is 1. The lowest BCUT2D eigenvalue weighted by atomic mass is 9.91. The fraction of sp³-hybridized carbons (Fsp3) is 0.636. The van der Waals surface area contributed by atoms with Crippen LogP contribution in [0.3, 0.4) is 0 Å². The molecule has 1 aromatic heterocycles. The van der Waals surface area contributed by atoms with E-state index in [0.717, 1.165) is 37.6 Å². The monoisotopic (exact) mass is 195 g/mol. The maximum Gasteiger partial charge on any atom is 0.121 e. The normalized spacial score (nSPS) is 21.0. The minimum Gasteiger partial charge on any atom is -0.465 e. The van der Waals surface area contributed by atoms with Gasteiger partial charge in [-0.05, 0) is 37.8 Å². The van der Waals surface area contributed by atoms with Crippen molar-refractivity contribution in [2.45, 2.75) is 25.8 Å². The highest BCUT2D eigenvalue weighted by Gasteiger charge is 2.24. The first-order valence-electron chi connectivity index (χ1n) is 5.17. The molecule has 1 atom stereocenters. The predicted molar refractivity (Wildman–Crippen MR) is 53.9 cm³/mol. The smallest absolute Gasteiger partial charge is 0.121 e. The van der Waals surface area contributed by atoms with Gasteiger partial charge < -0.3 is 14.9 Å². The Labute approximate surface area is 84.2 Å². The molecular weight excluding hydrogens is 178 g/mol. The molecule has 2 heterocycles. The van der Waals surface area contributed by atoms with Crippen molar-refractivity contribution < 1.29 is 9.15 Å². The van der Waals surface area contributed by atoms with Gasteiger partial charge in [0.1, 0.15) is 11.5 Å². The highest BCUT2D eigenvalue weighted by atomic mass is 16.5. The van der Waals surface area contributed by atoms with Crippen molar-refractivity contribution in [3.05, 3.63) is 23.7 Å². The Hall–Kier alpha value is -0.800. The lowest BCUT2D eigenvalue weighted by Gasteiger charge is -2.26. The average Bonchev–Trinajstić information content (AvgIpc) is 2.65. The van der Waals surface area contributed by atoms with E-state index in [-0.39, 0.29) is 6.04 Å². The minimum absolute atomic E-state index is 0.0348. The molecule has 1 aliphatic heterocycles. The third-order valence-electron chi connectivity index (χ3n) is 2.86. The Balaban J connectivity index is 2.03. The Morgan fingerprint density at radius 3 is 2.64 bits per heavy atom. The molecule has 1 aromatic rings. The van der Waals surface area contributed by atoms with Crippen LogP contribution in [0.15, 0.2) is 16.5 Å². The zero-order valence-electron chi connectivity index (χ0n) is 8.53. The van der Waals surface area contributed by atoms with Crippen molar-refractivity contribution in [1.29, 1.82) is 0 Å². The summed E-state index contributed by atoms with van der Waals surface area (Å²) >= 11 is 0. The van der Waals surface area contributed by atoms with E-state index < -0.39 is 0 Å². The second kappa shape index (κ2) is 4.15. The van der Waals surface area contributed by atoms with Crippen molar-refractivity contribution in [2.24, 2.45) is 11.7 Å². The number of hydrogen-bond acceptors (Lipinski definition) is 3. The SMILES string of the molecule is Cc1ccc([C@@H](N)C2CCOCC2)o1. The second-order valence-corrected chi connectivity index (χ2v) is 3.92. The van der Waals surface area contributed by atoms with Crippen molar-refractivity contribution in [2.75, 3.05) is 13.2 Å². The van der Waals surface area contributed by atoms with Gasteiger partial charge in [-0.15, -0.1) is 0 Å². The van der Waals surface area contributed by atoms with Crippen LogP contribution in [-0.2, 0) is 4.74 Å². The maximum atomic E-state index is 6.13. The van der Waals surface area contributed by atoms with E-state index in [4.69, 9.17) is 14.9 Å². The summed E-state index contributed by atoms with van der Waals surface area (Å²) in [5.74, 6) is 2.35. The zero-order chi connectivity index (χ0) is 9.97. The summed E-state index contributed by atoms with van der Waals surface area (Å²) in [6, 6.07) is 3.98. The molecule has 1 aliphatic rings. The van der Waals surface area contributed by atoms with Crippen LogP contribution in [0.4, 0.5) is 0 Å². The van der Waals surface area contributed by atoms with Crippen LogP contribution in [0.2, 0.25) is 0 Å². The van der Waals surface area contributed by atoms with Gasteiger partial charge in [0.2, 0.25) is 0 Å². The molecule has 1 fully saturated rings. The summed E-state index contributed by atoms with van der Waals surface area (Å²) in [7, 11) is 0. The Kier molecular flexibility index (Phi) is 2.89. The van der Waals surface area contributed by atoms with Crippen LogP contribution in [-0.4, -0.2) is 13.2 Å². The largest absolute Gasteiger partial charge is 0.465 e. The molecule has 0 saturated carbocycles. The Morgan fingerprint density at radius 1 is 1.36 bits per heavy atom. The summed E-state index contributed by atoms with van der Waals surface area (Å²) < 4.78 is 10.8. The second-order valence-electron chi connectivity index (χ2n) is 3.92. The van der Waals surface area contributed by atoms with Crippen molar-refractivity contribution in [3.63, 3.8) is 0 Å². The van der Waals surface area contributed by atoms with Gasteiger partial charge >= 0.3 is 0 Å². The number of furan rings is 1. The van der Waals surface area contributed by atoms with E-state index in [1.165, 1.54) is 0 Å². The van der Waals surface area contributed by atoms with Crippen LogP contribution < -0.4 is 5.73 Å². The van der Waals surface area contributed by atoms with E-state index >= 15 is 0 Å². The van der Waals surface area contributed by atoms with Gasteiger partial charge in [0.05, 0.1) is 6.04 Å². The first-order chi connectivity index (χ1) is 6.77. The molecule has 14 heavy (non-hydrogen) atoms. The van der Waals surface area contributed by atoms with Gasteiger partial charge in [-0.1, -0.05) is 0 Å². The third-order valence-corrected chi connectivity index (χ3v) is 2.86. The summed E-state index contributed by atoms with van der Waals surface area (Å²) in [5, 5.41) is 0. The van der Waals surface area contributed by atoms with E-state index in [0.29, 0.717) is 5.92 Å². The molecule has 2 N–H and O–H groups in total. The summed E-state index contributed by atoms with van der Waals surface area (Å²) in [6.45, 7) is 3.61. The van der Waals surface area contributed by atoms with Crippen LogP contribution in [0.5, 0.6) is 0 Å². The van der Waals surface area contributed by atoms with Gasteiger partial charge in [0.25, 0.3) is 0 Å². The number of ether oxygens (including phenoxy) is 1. The molecule has 0 aliphatic carbocycles. The molecular formula is C11H17NO2. The highest BCUT2D eigenvalue weighted by molar-refractivity contribution is 5.10. The summed E-state index contributed by atoms with van der Waals surface area (Å²) in [5.41, 5.74) is 6.13. The lowest BCUT2D eigenvalue weighted by Crippen LogP contribution is -2.27. The molecule has 1 saturated heterocycles. The predicted octanol–water partition coefficient (Wildman–Crippen LogP) is 2.01. The van der Waals surface area contributed by atoms with E-state index in [1.54, 1.807) is 0 Å². The molecule has 0 bridgehead atoms. The summed E-state index contributed by atoms with van der Waals surface area (Å²) in [4.78, 5) is 0. The molecule has 3 heteroatoms. The lowest BCUT2D eigenvalue weighted by molar-refractivity contribution is 0.0559. The van der Waals surface area contributed by atoms with Gasteiger partial charge in [0.15, 0.2) is 0 Å². The first kappa shape index (κ1) is 9.74. The maximum absolute atomic E-state index is 6.13. The quantitative estimate of drug-likeness (QED) is 0.785. The standard InChI is InChI=1S/C11H17NO2/c1-8-2-3-10(14-8)11(12)9-4-6-13-7-5-9/h2-3,9,11H,4-7,12H2,1H3/t11-/m0/s1. The third kappa shape index (κ3) is 1.99. The van der Waals surface area contributed by atoms with Crippen LogP contribution in [0.25, 0.3) is 0 Å². The Morgan fingerprint density at radius 2 is 2.07 bits per heavy atom. The number of nitrogens with two attached hydrogens (primary N) is 1. The van der Waals surface area contributed by atoms with Gasteiger partial charge in [-0.25, -0.2) is 0 Å². The van der Waals surface area contributed by atoms with E-state index in [1.807, 2.05) is 19.1 Å². The number of aryl methyl sites for hydroxylation is 1. The molecule has 0 radical (unpaired) electrons. The highest BCUT2D eigenvalue weighted by Crippen LogP contribution is 2.28. The van der Waals surface area contributed by atoms with Crippen molar-refractivity contribution in [1.82, 2.24) is 0 Å². The minimum atomic E-state index is 0.0348. The fourth-order valence-electron chi connectivity index (χ4n) is 1.94. The number of rotatable bonds is 2. The molecule has 3 nitrogen and oxygen atoms in total. The van der Waals surface area contributed by atoms with Crippen LogP contribution in [0.1, 0.15) is 30.4 Å². The molecule has 2 rings (SSSR count).